The molecular formula is C53H82FN3O18. The van der Waals surface area contributed by atoms with Gasteiger partial charge in [-0.15, -0.1) is 0 Å². The van der Waals surface area contributed by atoms with Crippen molar-refractivity contribution in [2.75, 3.05) is 59.4 Å². The number of rotatable bonds is 17. The summed E-state index contributed by atoms with van der Waals surface area (Å²) in [5.74, 6) is -3.75. The van der Waals surface area contributed by atoms with Gasteiger partial charge in [-0.25, -0.2) is 9.18 Å². The van der Waals surface area contributed by atoms with Crippen LogP contribution in [0.3, 0.4) is 0 Å². The van der Waals surface area contributed by atoms with Crippen LogP contribution >= 0.6 is 0 Å². The summed E-state index contributed by atoms with van der Waals surface area (Å²) in [5, 5.41) is 44.8. The Morgan fingerprint density at radius 3 is 2.27 bits per heavy atom. The third-order valence-corrected chi connectivity index (χ3v) is 14.5. The van der Waals surface area contributed by atoms with Crippen LogP contribution in [-0.2, 0) is 61.8 Å². The predicted octanol–water partition coefficient (Wildman–Crippen LogP) is 3.52. The van der Waals surface area contributed by atoms with Gasteiger partial charge >= 0.3 is 24.0 Å². The molecule has 0 spiro atoms. The Hall–Kier alpha value is -4.20. The molecule has 4 aliphatic rings. The first kappa shape index (κ1) is 61.7. The summed E-state index contributed by atoms with van der Waals surface area (Å²) in [6, 6.07) is 3.41. The highest BCUT2D eigenvalue weighted by atomic mass is 19.1. The Morgan fingerprint density at radius 2 is 1.65 bits per heavy atom. The molecule has 21 nitrogen and oxygen atoms in total. The first-order valence-corrected chi connectivity index (χ1v) is 26.2. The molecule has 0 bridgehead atoms. The monoisotopic (exact) mass is 1070 g/mol. The van der Waals surface area contributed by atoms with Crippen LogP contribution in [0, 0.1) is 17.7 Å². The number of cyclic esters (lactones) is 2. The van der Waals surface area contributed by atoms with E-state index in [0.717, 1.165) is 0 Å². The molecule has 424 valence electrons. The number of benzene rings is 1. The normalized spacial score (nSPS) is 36.0. The molecule has 4 N–H and O–H groups in total. The van der Waals surface area contributed by atoms with Crippen molar-refractivity contribution in [2.45, 2.75) is 191 Å². The number of ether oxygens (including phenoxy) is 9. The summed E-state index contributed by atoms with van der Waals surface area (Å²) in [6.45, 7) is 10.4. The number of likely N-dealkylation sites (N-methyl/N-ethyl adjacent to an activating group) is 2. The van der Waals surface area contributed by atoms with Crippen molar-refractivity contribution in [3.8, 4) is 0 Å². The summed E-state index contributed by atoms with van der Waals surface area (Å²) in [7, 11) is 6.65. The molecule has 4 fully saturated rings. The van der Waals surface area contributed by atoms with Crippen molar-refractivity contribution < 1.29 is 91.4 Å². The summed E-state index contributed by atoms with van der Waals surface area (Å²) < 4.78 is 70.1. The van der Waals surface area contributed by atoms with Gasteiger partial charge in [-0.2, -0.15) is 0 Å². The van der Waals surface area contributed by atoms with Crippen LogP contribution in [0.1, 0.15) is 105 Å². The Bertz CT molecular complexity index is 2060. The van der Waals surface area contributed by atoms with Crippen LogP contribution < -0.4 is 4.90 Å². The van der Waals surface area contributed by atoms with E-state index >= 15 is 4.39 Å². The molecular weight excluding hydrogens is 986 g/mol. The van der Waals surface area contributed by atoms with Gasteiger partial charge in [0.05, 0.1) is 55.7 Å². The van der Waals surface area contributed by atoms with Crippen LogP contribution in [0.2, 0.25) is 0 Å². The maximum Gasteiger partial charge on any atom is 0.414 e. The van der Waals surface area contributed by atoms with E-state index in [1.807, 2.05) is 18.9 Å². The van der Waals surface area contributed by atoms with Crippen molar-refractivity contribution >= 4 is 42.1 Å². The molecule has 0 aliphatic carbocycles. The third-order valence-electron chi connectivity index (χ3n) is 14.5. The van der Waals surface area contributed by atoms with Gasteiger partial charge in [-0.3, -0.25) is 19.3 Å². The number of aldehydes is 1. The molecule has 1 amide bonds. The van der Waals surface area contributed by atoms with Crippen LogP contribution in [0.25, 0.3) is 6.08 Å². The lowest BCUT2D eigenvalue weighted by Gasteiger charge is -2.50. The van der Waals surface area contributed by atoms with Crippen molar-refractivity contribution in [3.63, 3.8) is 0 Å². The number of aliphatic hydroxyl groups is 4. The Kier molecular flexibility index (Phi) is 23.4. The highest BCUT2D eigenvalue weighted by Crippen LogP contribution is 2.38. The number of halogens is 1. The van der Waals surface area contributed by atoms with Gasteiger partial charge in [-0.1, -0.05) is 32.9 Å². The fourth-order valence-corrected chi connectivity index (χ4v) is 10.4. The van der Waals surface area contributed by atoms with E-state index in [-0.39, 0.29) is 69.5 Å². The number of anilines is 1. The van der Waals surface area contributed by atoms with E-state index < -0.39 is 139 Å². The average molecular weight is 1070 g/mol. The molecule has 0 saturated carbocycles. The zero-order valence-electron chi connectivity index (χ0n) is 45.1. The summed E-state index contributed by atoms with van der Waals surface area (Å²) in [5.41, 5.74) is -1.07. The first-order valence-electron chi connectivity index (χ1n) is 26.2. The number of esters is 3. The van der Waals surface area contributed by atoms with Crippen LogP contribution in [0.4, 0.5) is 14.9 Å². The fraction of sp³-hybridized carbons (Fsp3) is 0.755. The number of amides is 1. The molecule has 1 aromatic rings. The highest BCUT2D eigenvalue weighted by Gasteiger charge is 2.53. The van der Waals surface area contributed by atoms with E-state index in [1.165, 1.54) is 37.1 Å². The Morgan fingerprint density at radius 1 is 0.947 bits per heavy atom. The van der Waals surface area contributed by atoms with Gasteiger partial charge in [0.15, 0.2) is 18.7 Å². The molecule has 22 heteroatoms. The maximum atomic E-state index is 15.4. The van der Waals surface area contributed by atoms with Crippen molar-refractivity contribution in [1.29, 1.82) is 0 Å². The van der Waals surface area contributed by atoms with Gasteiger partial charge in [0, 0.05) is 51.3 Å². The van der Waals surface area contributed by atoms with Gasteiger partial charge < -0.3 is 77.7 Å². The number of β-amino-alcohol motifs (C(OH)–C–C–N with tert-alkyl or cyclic N) is 1. The van der Waals surface area contributed by atoms with Crippen molar-refractivity contribution in [3.05, 3.63) is 35.7 Å². The number of hydrogen-bond donors (Lipinski definition) is 4. The van der Waals surface area contributed by atoms with Crippen LogP contribution in [0.5, 0.6) is 0 Å². The second-order valence-electron chi connectivity index (χ2n) is 20.8. The van der Waals surface area contributed by atoms with E-state index in [2.05, 4.69) is 0 Å². The summed E-state index contributed by atoms with van der Waals surface area (Å²) in [4.78, 5) is 69.5. The molecule has 5 unspecified atom stereocenters. The largest absolute Gasteiger partial charge is 0.462 e. The molecule has 0 radical (unpaired) electrons. The van der Waals surface area contributed by atoms with Crippen molar-refractivity contribution in [2.24, 2.45) is 11.8 Å². The lowest BCUT2D eigenvalue weighted by molar-refractivity contribution is -0.344. The number of methoxy groups -OCH3 is 1. The molecule has 17 atom stereocenters. The zero-order valence-corrected chi connectivity index (χ0v) is 45.1. The quantitative estimate of drug-likeness (QED) is 0.0989. The SMILES string of the molecule is CCC(=O)O[C@@H]1CC(=O)O[C@@H](CC=Cc2ccc(N3C[C@H](CO)OC3=O)cc2F)CCCN(C)C[C@H](O)[C@H](C)C[C@H](CC=O)[C@H](O[C@@H]2OC(C)[C@@H](O[C@H]3CC(C)(O)[C@@H](OC(=O)CC)C(C)O3)C(N(C)C)C2O)[C@H]1OC. The number of nitrogens with zero attached hydrogens (tertiary/aromatic N) is 3. The van der Waals surface area contributed by atoms with E-state index in [4.69, 9.17) is 42.6 Å². The minimum Gasteiger partial charge on any atom is -0.462 e. The first-order chi connectivity index (χ1) is 35.5. The Balaban J connectivity index is 1.43. The highest BCUT2D eigenvalue weighted by molar-refractivity contribution is 5.90. The van der Waals surface area contributed by atoms with Gasteiger partial charge in [0.2, 0.25) is 0 Å². The lowest BCUT2D eigenvalue weighted by Crippen LogP contribution is -2.66. The summed E-state index contributed by atoms with van der Waals surface area (Å²) >= 11 is 0. The Labute approximate surface area is 439 Å². The zero-order chi connectivity index (χ0) is 55.3. The standard InChI is InChI=1S/C53H82FN3O18/c1-11-41(61)72-40-25-43(63)70-36(16-13-15-33-18-19-35(24-38(33)54)57-27-37(29-59)71-52(57)65)17-14-21-56(9)28-39(60)30(3)23-34(20-22-58)48(49(40)67-10)75-51-46(64)45(55(7)8)47(31(4)69-51)74-44-26-53(6,66)50(32(5)68-44)73-42(62)12-2/h13,15,18-19,22,24,30-32,34,36-37,39-40,44-51,59-60,64,66H,11-12,14,16-17,20-21,23,25-29H2,1-10H3/t30-,31?,32?,34+,36+,37-,39+,40-,44+,45?,46?,47-,48+,49+,50+,51+,53?/m1/s1. The molecule has 5 rings (SSSR count). The third kappa shape index (κ3) is 16.7. The second-order valence-corrected chi connectivity index (χ2v) is 20.8. The minimum absolute atomic E-state index is 0.0684. The second kappa shape index (κ2) is 28.4. The van der Waals surface area contributed by atoms with E-state index in [1.54, 1.807) is 58.8 Å². The predicted molar refractivity (Wildman–Crippen MR) is 268 cm³/mol. The van der Waals surface area contributed by atoms with Gasteiger partial charge in [-0.05, 0) is 97.8 Å². The molecule has 75 heavy (non-hydrogen) atoms. The molecule has 4 heterocycles. The molecule has 4 aliphatic heterocycles. The van der Waals surface area contributed by atoms with Crippen LogP contribution in [-0.4, -0.2) is 206 Å². The molecule has 0 aromatic heterocycles. The minimum atomic E-state index is -1.53. The summed E-state index contributed by atoms with van der Waals surface area (Å²) in [6.07, 6.45) is -9.81. The van der Waals surface area contributed by atoms with Gasteiger partial charge in [0.25, 0.3) is 0 Å². The number of carbonyl (C=O) groups excluding carboxylic acids is 5. The van der Waals surface area contributed by atoms with Crippen molar-refractivity contribution in [1.82, 2.24) is 9.80 Å². The average Bonchev–Trinajstić information content (AvgIpc) is 3.73. The fourth-order valence-electron chi connectivity index (χ4n) is 10.4. The smallest absolute Gasteiger partial charge is 0.414 e. The van der Waals surface area contributed by atoms with Crippen LogP contribution in [0.15, 0.2) is 24.3 Å². The van der Waals surface area contributed by atoms with E-state index in [9.17, 15) is 44.4 Å². The molecule has 1 aromatic carbocycles. The number of carbonyl (C=O) groups is 5. The molecule has 4 saturated heterocycles. The van der Waals surface area contributed by atoms with Gasteiger partial charge in [0.1, 0.15) is 54.3 Å². The van der Waals surface area contributed by atoms with E-state index in [0.29, 0.717) is 25.7 Å². The maximum absolute atomic E-state index is 15.4. The topological polar surface area (TPSA) is 259 Å². The number of aliphatic hydroxyl groups excluding tert-OH is 3. The lowest BCUT2D eigenvalue weighted by atomic mass is 9.82. The number of hydrogen-bond acceptors (Lipinski definition) is 20.